The Balaban J connectivity index is 0.000000177. The molecule has 3 nitrogen and oxygen atoms in total. The van der Waals surface area contributed by atoms with E-state index in [2.05, 4.69) is 43.5 Å². The SMILES string of the molecule is C=Cc1cccc2c1CC=CC2=C.Cc1ccc(S(=O)(=O)O)cc1. The van der Waals surface area contributed by atoms with E-state index in [1.807, 2.05) is 13.0 Å². The highest BCUT2D eigenvalue weighted by molar-refractivity contribution is 7.85. The van der Waals surface area contributed by atoms with E-state index in [0.29, 0.717) is 0 Å². The van der Waals surface area contributed by atoms with Crippen LogP contribution in [-0.4, -0.2) is 13.0 Å². The molecule has 0 unspecified atom stereocenters. The predicted octanol–water partition coefficient (Wildman–Crippen LogP) is 4.70. The molecule has 0 amide bonds. The van der Waals surface area contributed by atoms with Gasteiger partial charge in [0.05, 0.1) is 4.90 Å². The van der Waals surface area contributed by atoms with Gasteiger partial charge in [0.15, 0.2) is 0 Å². The summed E-state index contributed by atoms with van der Waals surface area (Å²) < 4.78 is 29.6. The van der Waals surface area contributed by atoms with Crippen molar-refractivity contribution in [3.05, 3.63) is 90.0 Å². The van der Waals surface area contributed by atoms with Gasteiger partial charge in [-0.05, 0) is 47.7 Å². The zero-order chi connectivity index (χ0) is 17.7. The van der Waals surface area contributed by atoms with Gasteiger partial charge in [-0.3, -0.25) is 4.55 Å². The average Bonchev–Trinajstić information content (AvgIpc) is 2.55. The van der Waals surface area contributed by atoms with Crippen molar-refractivity contribution in [2.24, 2.45) is 0 Å². The average molecular weight is 340 g/mol. The smallest absolute Gasteiger partial charge is 0.282 e. The molecule has 2 aromatic rings. The monoisotopic (exact) mass is 340 g/mol. The molecule has 0 spiro atoms. The molecule has 0 fully saturated rings. The number of benzene rings is 2. The van der Waals surface area contributed by atoms with Gasteiger partial charge in [0.1, 0.15) is 0 Å². The van der Waals surface area contributed by atoms with E-state index < -0.39 is 10.1 Å². The number of allylic oxidation sites excluding steroid dienone is 3. The second-order valence-electron chi connectivity index (χ2n) is 5.50. The fraction of sp³-hybridized carbons (Fsp3) is 0.100. The van der Waals surface area contributed by atoms with Crippen LogP contribution in [0.5, 0.6) is 0 Å². The van der Waals surface area contributed by atoms with Crippen LogP contribution in [0.3, 0.4) is 0 Å². The van der Waals surface area contributed by atoms with E-state index in [4.69, 9.17) is 4.55 Å². The van der Waals surface area contributed by atoms with Crippen LogP contribution in [0.15, 0.2) is 72.7 Å². The Morgan fingerprint density at radius 1 is 1.12 bits per heavy atom. The van der Waals surface area contributed by atoms with Crippen molar-refractivity contribution in [1.82, 2.24) is 0 Å². The van der Waals surface area contributed by atoms with E-state index >= 15 is 0 Å². The maximum absolute atomic E-state index is 10.5. The van der Waals surface area contributed by atoms with Crippen molar-refractivity contribution >= 4 is 21.8 Å². The standard InChI is InChI=1S/C13H12.C7H8O3S/c1-3-11-7-5-8-12-10(2)6-4-9-13(11)12;1-6-2-4-7(5-3-6)11(8,9)10/h3-8H,1-2,9H2;2-5H,1H3,(H,8,9,10). The Hall–Kier alpha value is -2.43. The molecule has 124 valence electrons. The van der Waals surface area contributed by atoms with Gasteiger partial charge < -0.3 is 0 Å². The number of hydrogen-bond donors (Lipinski definition) is 1. The van der Waals surface area contributed by atoms with E-state index in [9.17, 15) is 8.42 Å². The maximum Gasteiger partial charge on any atom is 0.294 e. The molecule has 0 saturated carbocycles. The van der Waals surface area contributed by atoms with Crippen molar-refractivity contribution < 1.29 is 13.0 Å². The lowest BCUT2D eigenvalue weighted by molar-refractivity contribution is 0.483. The van der Waals surface area contributed by atoms with Crippen LogP contribution >= 0.6 is 0 Å². The first-order valence-electron chi connectivity index (χ1n) is 7.47. The van der Waals surface area contributed by atoms with Crippen molar-refractivity contribution in [2.45, 2.75) is 18.2 Å². The van der Waals surface area contributed by atoms with Crippen molar-refractivity contribution in [3.63, 3.8) is 0 Å². The summed E-state index contributed by atoms with van der Waals surface area (Å²) in [5.74, 6) is 0. The lowest BCUT2D eigenvalue weighted by Gasteiger charge is -2.15. The van der Waals surface area contributed by atoms with E-state index in [-0.39, 0.29) is 4.90 Å². The number of aryl methyl sites for hydroxylation is 1. The Morgan fingerprint density at radius 3 is 2.38 bits per heavy atom. The molecule has 4 heteroatoms. The summed E-state index contributed by atoms with van der Waals surface area (Å²) in [5.41, 5.74) is 5.90. The molecular weight excluding hydrogens is 320 g/mol. The van der Waals surface area contributed by atoms with Gasteiger partial charge in [0.2, 0.25) is 0 Å². The van der Waals surface area contributed by atoms with Gasteiger partial charge in [-0.1, -0.05) is 67.3 Å². The summed E-state index contributed by atoms with van der Waals surface area (Å²) in [7, 11) is -4.02. The Kier molecular flexibility index (Phi) is 5.54. The topological polar surface area (TPSA) is 54.4 Å². The summed E-state index contributed by atoms with van der Waals surface area (Å²) in [5, 5.41) is 0. The fourth-order valence-electron chi connectivity index (χ4n) is 2.44. The summed E-state index contributed by atoms with van der Waals surface area (Å²) in [6, 6.07) is 12.3. The Morgan fingerprint density at radius 2 is 1.79 bits per heavy atom. The minimum absolute atomic E-state index is 0.0666. The first-order valence-corrected chi connectivity index (χ1v) is 8.91. The molecule has 0 aliphatic heterocycles. The molecule has 0 saturated heterocycles. The number of hydrogen-bond acceptors (Lipinski definition) is 2. The molecule has 1 aliphatic rings. The first kappa shape index (κ1) is 17.9. The minimum atomic E-state index is -4.02. The molecule has 0 radical (unpaired) electrons. The molecule has 2 aromatic carbocycles. The summed E-state index contributed by atoms with van der Waals surface area (Å²) >= 11 is 0. The van der Waals surface area contributed by atoms with Gasteiger partial charge in [0, 0.05) is 0 Å². The maximum atomic E-state index is 10.5. The van der Waals surface area contributed by atoms with Gasteiger partial charge in [-0.2, -0.15) is 8.42 Å². The van der Waals surface area contributed by atoms with Gasteiger partial charge in [-0.25, -0.2) is 0 Å². The molecule has 0 atom stereocenters. The lowest BCUT2D eigenvalue weighted by Crippen LogP contribution is -1.98. The molecule has 3 rings (SSSR count). The second kappa shape index (κ2) is 7.43. The molecular formula is C20H20O3S. The van der Waals surface area contributed by atoms with Gasteiger partial charge >= 0.3 is 0 Å². The third kappa shape index (κ3) is 4.31. The predicted molar refractivity (Wildman–Crippen MR) is 99.4 cm³/mol. The zero-order valence-electron chi connectivity index (χ0n) is 13.6. The molecule has 1 N–H and O–H groups in total. The van der Waals surface area contributed by atoms with Gasteiger partial charge in [-0.15, -0.1) is 0 Å². The first-order chi connectivity index (χ1) is 11.3. The van der Waals surface area contributed by atoms with Crippen LogP contribution in [0.2, 0.25) is 0 Å². The van der Waals surface area contributed by atoms with E-state index in [1.165, 1.54) is 28.8 Å². The summed E-state index contributed by atoms with van der Waals surface area (Å²) in [4.78, 5) is -0.0666. The van der Waals surface area contributed by atoms with Crippen LogP contribution in [0.4, 0.5) is 0 Å². The highest BCUT2D eigenvalue weighted by Crippen LogP contribution is 2.27. The number of fused-ring (bicyclic) bond motifs is 1. The van der Waals surface area contributed by atoms with E-state index in [0.717, 1.165) is 17.6 Å². The third-order valence-electron chi connectivity index (χ3n) is 3.74. The third-order valence-corrected chi connectivity index (χ3v) is 4.61. The van der Waals surface area contributed by atoms with Crippen LogP contribution in [0.1, 0.15) is 22.3 Å². The van der Waals surface area contributed by atoms with Crippen molar-refractivity contribution in [3.8, 4) is 0 Å². The van der Waals surface area contributed by atoms with Gasteiger partial charge in [0.25, 0.3) is 10.1 Å². The van der Waals surface area contributed by atoms with E-state index in [1.54, 1.807) is 12.1 Å². The quantitative estimate of drug-likeness (QED) is 0.807. The molecule has 0 aromatic heterocycles. The lowest BCUT2D eigenvalue weighted by atomic mass is 9.90. The normalized spacial score (nSPS) is 12.8. The summed E-state index contributed by atoms with van der Waals surface area (Å²) in [6.07, 6.45) is 7.13. The second-order valence-corrected chi connectivity index (χ2v) is 6.92. The largest absolute Gasteiger partial charge is 0.294 e. The molecule has 0 bridgehead atoms. The van der Waals surface area contributed by atoms with Crippen molar-refractivity contribution in [2.75, 3.05) is 0 Å². The van der Waals surface area contributed by atoms with Crippen molar-refractivity contribution in [1.29, 1.82) is 0 Å². The highest BCUT2D eigenvalue weighted by atomic mass is 32.2. The minimum Gasteiger partial charge on any atom is -0.282 e. The highest BCUT2D eigenvalue weighted by Gasteiger charge is 2.09. The molecule has 24 heavy (non-hydrogen) atoms. The van der Waals surface area contributed by atoms with Crippen LogP contribution in [-0.2, 0) is 16.5 Å². The van der Waals surface area contributed by atoms with Crippen LogP contribution in [0.25, 0.3) is 11.6 Å². The molecule has 0 heterocycles. The Bertz CT molecular complexity index is 889. The molecule has 1 aliphatic carbocycles. The zero-order valence-corrected chi connectivity index (χ0v) is 14.4. The van der Waals surface area contributed by atoms with Crippen LogP contribution in [0, 0.1) is 6.92 Å². The number of rotatable bonds is 2. The fourth-order valence-corrected chi connectivity index (χ4v) is 2.92. The Labute approximate surface area is 143 Å². The van der Waals surface area contributed by atoms with Crippen LogP contribution < -0.4 is 0 Å². The summed E-state index contributed by atoms with van der Waals surface area (Å²) in [6.45, 7) is 9.66.